The Kier molecular flexibility index (Phi) is 4.44. The number of nitrogens with zero attached hydrogens (tertiary/aromatic N) is 3. The number of non-ortho nitro benzene ring substituents is 1. The van der Waals surface area contributed by atoms with Gasteiger partial charge in [-0.15, -0.1) is 0 Å². The fourth-order valence-corrected chi connectivity index (χ4v) is 2.47. The van der Waals surface area contributed by atoms with Crippen molar-refractivity contribution in [2.24, 2.45) is 0 Å². The Labute approximate surface area is 125 Å². The van der Waals surface area contributed by atoms with Crippen molar-refractivity contribution >= 4 is 23.6 Å². The van der Waals surface area contributed by atoms with Crippen LogP contribution in [0, 0.1) is 10.1 Å². The average Bonchev–Trinajstić information content (AvgIpc) is 2.97. The van der Waals surface area contributed by atoms with Gasteiger partial charge in [-0.2, -0.15) is 0 Å². The van der Waals surface area contributed by atoms with E-state index in [4.69, 9.17) is 10.2 Å². The molecule has 9 nitrogen and oxygen atoms in total. The molecule has 1 aliphatic rings. The molecule has 22 heavy (non-hydrogen) atoms. The lowest BCUT2D eigenvalue weighted by molar-refractivity contribution is -0.384. The van der Waals surface area contributed by atoms with Crippen LogP contribution in [0.2, 0.25) is 0 Å². The van der Waals surface area contributed by atoms with Crippen LogP contribution >= 0.6 is 0 Å². The number of imide groups is 1. The third-order valence-corrected chi connectivity index (χ3v) is 3.51. The standard InChI is InChI=1S/C13H15N3O6/c17-12(18)15(13(19)20)8-9-7-10(16(21)22)3-4-11(9)14-5-1-2-6-14/h3-4,7H,1-2,5-6,8H2,(H,17,18)(H,19,20). The molecule has 0 atom stereocenters. The van der Waals surface area contributed by atoms with Crippen LogP contribution in [0.15, 0.2) is 18.2 Å². The van der Waals surface area contributed by atoms with Crippen molar-refractivity contribution in [1.29, 1.82) is 0 Å². The Morgan fingerprint density at radius 3 is 2.32 bits per heavy atom. The molecule has 0 aliphatic carbocycles. The van der Waals surface area contributed by atoms with Crippen molar-refractivity contribution in [3.63, 3.8) is 0 Å². The molecule has 2 rings (SSSR count). The van der Waals surface area contributed by atoms with Crippen molar-refractivity contribution in [2.75, 3.05) is 18.0 Å². The molecule has 9 heteroatoms. The van der Waals surface area contributed by atoms with Crippen molar-refractivity contribution < 1.29 is 24.7 Å². The monoisotopic (exact) mass is 309 g/mol. The Hall–Kier alpha value is -2.84. The van der Waals surface area contributed by atoms with Gasteiger partial charge in [-0.25, -0.2) is 14.5 Å². The molecule has 1 heterocycles. The van der Waals surface area contributed by atoms with Crippen molar-refractivity contribution in [3.8, 4) is 0 Å². The lowest BCUT2D eigenvalue weighted by Crippen LogP contribution is -2.34. The first-order valence-electron chi connectivity index (χ1n) is 6.66. The molecule has 118 valence electrons. The Morgan fingerprint density at radius 2 is 1.82 bits per heavy atom. The summed E-state index contributed by atoms with van der Waals surface area (Å²) in [5.74, 6) is 0. The maximum absolute atomic E-state index is 11.0. The summed E-state index contributed by atoms with van der Waals surface area (Å²) in [7, 11) is 0. The van der Waals surface area contributed by atoms with Crippen LogP contribution in [0.5, 0.6) is 0 Å². The van der Waals surface area contributed by atoms with E-state index < -0.39 is 23.7 Å². The largest absolute Gasteiger partial charge is 0.465 e. The lowest BCUT2D eigenvalue weighted by atomic mass is 10.1. The van der Waals surface area contributed by atoms with Crippen LogP contribution in [0.25, 0.3) is 0 Å². The number of benzene rings is 1. The van der Waals surface area contributed by atoms with Gasteiger partial charge in [-0.1, -0.05) is 0 Å². The van der Waals surface area contributed by atoms with Crippen LogP contribution in [-0.4, -0.2) is 45.3 Å². The summed E-state index contributed by atoms with van der Waals surface area (Å²) < 4.78 is 0. The number of amides is 2. The summed E-state index contributed by atoms with van der Waals surface area (Å²) >= 11 is 0. The van der Waals surface area contributed by atoms with E-state index in [1.54, 1.807) is 6.07 Å². The van der Waals surface area contributed by atoms with E-state index in [0.29, 0.717) is 11.3 Å². The van der Waals surface area contributed by atoms with Crippen LogP contribution < -0.4 is 4.90 Å². The molecule has 0 radical (unpaired) electrons. The van der Waals surface area contributed by atoms with Crippen LogP contribution in [0.3, 0.4) is 0 Å². The van der Waals surface area contributed by atoms with E-state index in [1.165, 1.54) is 12.1 Å². The highest BCUT2D eigenvalue weighted by molar-refractivity contribution is 5.85. The van der Waals surface area contributed by atoms with E-state index >= 15 is 0 Å². The highest BCUT2D eigenvalue weighted by Gasteiger charge is 2.25. The maximum atomic E-state index is 11.0. The SMILES string of the molecule is O=C(O)N(Cc1cc([N+](=O)[O-])ccc1N1CCCC1)C(=O)O. The summed E-state index contributed by atoms with van der Waals surface area (Å²) in [6.45, 7) is 1.06. The van der Waals surface area contributed by atoms with Crippen molar-refractivity contribution in [3.05, 3.63) is 33.9 Å². The quantitative estimate of drug-likeness (QED) is 0.646. The van der Waals surface area contributed by atoms with E-state index in [9.17, 15) is 19.7 Å². The van der Waals surface area contributed by atoms with Gasteiger partial charge in [0.2, 0.25) is 0 Å². The zero-order chi connectivity index (χ0) is 16.3. The van der Waals surface area contributed by atoms with Crippen LogP contribution in [0.4, 0.5) is 21.0 Å². The summed E-state index contributed by atoms with van der Waals surface area (Å²) in [5.41, 5.74) is 0.741. The van der Waals surface area contributed by atoms with Gasteiger partial charge < -0.3 is 15.1 Å². The Balaban J connectivity index is 2.40. The van der Waals surface area contributed by atoms with Gasteiger partial charge in [0.05, 0.1) is 11.5 Å². The predicted molar refractivity (Wildman–Crippen MR) is 76.1 cm³/mol. The molecule has 1 aromatic rings. The lowest BCUT2D eigenvalue weighted by Gasteiger charge is -2.23. The zero-order valence-corrected chi connectivity index (χ0v) is 11.6. The molecule has 2 amide bonds. The first kappa shape index (κ1) is 15.5. The zero-order valence-electron chi connectivity index (χ0n) is 11.6. The summed E-state index contributed by atoms with van der Waals surface area (Å²) in [6.07, 6.45) is -1.30. The van der Waals surface area contributed by atoms with Gasteiger partial charge in [0.15, 0.2) is 0 Å². The molecule has 0 bridgehead atoms. The fraction of sp³-hybridized carbons (Fsp3) is 0.385. The molecule has 1 saturated heterocycles. The molecular formula is C13H15N3O6. The molecule has 0 saturated carbocycles. The third-order valence-electron chi connectivity index (χ3n) is 3.51. The smallest absolute Gasteiger partial charge is 0.417 e. The van der Waals surface area contributed by atoms with Crippen molar-refractivity contribution in [2.45, 2.75) is 19.4 Å². The number of carboxylic acid groups (broad SMARTS) is 2. The predicted octanol–water partition coefficient (Wildman–Crippen LogP) is 2.35. The molecule has 0 unspecified atom stereocenters. The molecule has 1 fully saturated rings. The number of hydrogen-bond donors (Lipinski definition) is 2. The number of hydrogen-bond acceptors (Lipinski definition) is 5. The summed E-state index contributed by atoms with van der Waals surface area (Å²) in [6, 6.07) is 4.11. The fourth-order valence-electron chi connectivity index (χ4n) is 2.47. The van der Waals surface area contributed by atoms with Crippen molar-refractivity contribution in [1.82, 2.24) is 4.90 Å². The summed E-state index contributed by atoms with van der Waals surface area (Å²) in [5, 5.41) is 28.8. The topological polar surface area (TPSA) is 124 Å². The second-order valence-electron chi connectivity index (χ2n) is 4.92. The highest BCUT2D eigenvalue weighted by Crippen LogP contribution is 2.29. The van der Waals surface area contributed by atoms with E-state index in [-0.39, 0.29) is 10.6 Å². The maximum Gasteiger partial charge on any atom is 0.417 e. The highest BCUT2D eigenvalue weighted by atomic mass is 16.6. The number of nitro groups is 1. The molecular weight excluding hydrogens is 294 g/mol. The average molecular weight is 309 g/mol. The van der Waals surface area contributed by atoms with E-state index in [2.05, 4.69) is 0 Å². The molecule has 0 spiro atoms. The molecule has 1 aromatic carbocycles. The van der Waals surface area contributed by atoms with Crippen LogP contribution in [-0.2, 0) is 6.54 Å². The van der Waals surface area contributed by atoms with E-state index in [0.717, 1.165) is 25.9 Å². The summed E-state index contributed by atoms with van der Waals surface area (Å²) in [4.78, 5) is 34.5. The number of carbonyl (C=O) groups is 2. The number of rotatable bonds is 4. The van der Waals surface area contributed by atoms with Gasteiger partial charge in [-0.05, 0) is 18.9 Å². The molecule has 2 N–H and O–H groups in total. The second kappa shape index (κ2) is 6.29. The van der Waals surface area contributed by atoms with Gasteiger partial charge >= 0.3 is 12.2 Å². The number of anilines is 1. The van der Waals surface area contributed by atoms with Gasteiger partial charge in [0, 0.05) is 36.5 Å². The minimum atomic E-state index is -1.62. The minimum absolute atomic E-state index is 0.200. The van der Waals surface area contributed by atoms with Crippen LogP contribution in [0.1, 0.15) is 18.4 Å². The molecule has 1 aliphatic heterocycles. The third kappa shape index (κ3) is 3.25. The van der Waals surface area contributed by atoms with Gasteiger partial charge in [0.25, 0.3) is 5.69 Å². The first-order valence-corrected chi connectivity index (χ1v) is 6.66. The molecule has 0 aromatic heterocycles. The van der Waals surface area contributed by atoms with Gasteiger partial charge in [-0.3, -0.25) is 10.1 Å². The first-order chi connectivity index (χ1) is 10.4. The Morgan fingerprint density at radius 1 is 1.23 bits per heavy atom. The normalized spacial score (nSPS) is 13.9. The second-order valence-corrected chi connectivity index (χ2v) is 4.92. The van der Waals surface area contributed by atoms with Gasteiger partial charge in [0.1, 0.15) is 0 Å². The van der Waals surface area contributed by atoms with E-state index in [1.807, 2.05) is 4.90 Å². The number of nitro benzene ring substituents is 1. The Bertz CT molecular complexity index is 598. The minimum Gasteiger partial charge on any atom is -0.465 e.